The Bertz CT molecular complexity index is 308. The molecule has 0 amide bonds. The minimum absolute atomic E-state index is 0.0841. The summed E-state index contributed by atoms with van der Waals surface area (Å²) < 4.78 is 1.63. The van der Waals surface area contributed by atoms with Gasteiger partial charge in [-0.15, -0.1) is 0 Å². The van der Waals surface area contributed by atoms with E-state index < -0.39 is 0 Å². The lowest BCUT2D eigenvalue weighted by molar-refractivity contribution is 0.276. The number of nitrogens with two attached hydrogens (primary N) is 2. The largest absolute Gasteiger partial charge is 0.397 e. The van der Waals surface area contributed by atoms with Crippen molar-refractivity contribution in [2.75, 3.05) is 12.3 Å². The van der Waals surface area contributed by atoms with Gasteiger partial charge in [-0.3, -0.25) is 0 Å². The van der Waals surface area contributed by atoms with E-state index in [0.717, 1.165) is 14.5 Å². The van der Waals surface area contributed by atoms with Crippen LogP contribution in [0.5, 0.6) is 0 Å². The average Bonchev–Trinajstić information content (AvgIpc) is 2.13. The number of benzene rings is 1. The van der Waals surface area contributed by atoms with E-state index in [1.165, 1.54) is 0 Å². The van der Waals surface area contributed by atoms with Gasteiger partial charge in [0.2, 0.25) is 0 Å². The average molecular weight is 324 g/mol. The topological polar surface area (TPSA) is 72.3 Å². The fraction of sp³-hybridized carbons (Fsp3) is 0.333. The Morgan fingerprint density at radius 2 is 1.79 bits per heavy atom. The Labute approximate surface area is 99.7 Å². The van der Waals surface area contributed by atoms with Gasteiger partial charge in [0.05, 0.1) is 5.69 Å². The second kappa shape index (κ2) is 5.11. The highest BCUT2D eigenvalue weighted by Crippen LogP contribution is 2.31. The molecule has 14 heavy (non-hydrogen) atoms. The standard InChI is InChI=1S/C9H12Br2N2O/c10-6-3-5(8(12)1-2-14)4-7(11)9(6)13/h3-4,8,14H,1-2,12-13H2/t8-/m1/s1. The molecule has 5 heteroatoms. The summed E-state index contributed by atoms with van der Waals surface area (Å²) in [6.45, 7) is 0.0841. The molecule has 1 aromatic rings. The summed E-state index contributed by atoms with van der Waals surface area (Å²) in [5.74, 6) is 0. The molecule has 0 aliphatic carbocycles. The number of rotatable bonds is 3. The summed E-state index contributed by atoms with van der Waals surface area (Å²) in [6.07, 6.45) is 0.544. The van der Waals surface area contributed by atoms with Crippen LogP contribution < -0.4 is 11.5 Å². The van der Waals surface area contributed by atoms with Crippen molar-refractivity contribution >= 4 is 37.5 Å². The number of aliphatic hydroxyl groups excluding tert-OH is 1. The van der Waals surface area contributed by atoms with Gasteiger partial charge in [0, 0.05) is 21.6 Å². The number of anilines is 1. The molecule has 0 saturated carbocycles. The van der Waals surface area contributed by atoms with Crippen LogP contribution in [0, 0.1) is 0 Å². The maximum absolute atomic E-state index is 8.76. The van der Waals surface area contributed by atoms with Gasteiger partial charge in [0.15, 0.2) is 0 Å². The van der Waals surface area contributed by atoms with E-state index in [1.807, 2.05) is 12.1 Å². The molecule has 0 aliphatic heterocycles. The van der Waals surface area contributed by atoms with E-state index >= 15 is 0 Å². The SMILES string of the molecule is Nc1c(Br)cc([C@H](N)CCO)cc1Br. The quantitative estimate of drug-likeness (QED) is 0.746. The lowest BCUT2D eigenvalue weighted by atomic mass is 10.1. The molecule has 0 radical (unpaired) electrons. The van der Waals surface area contributed by atoms with Gasteiger partial charge in [0.25, 0.3) is 0 Å². The molecule has 0 aromatic heterocycles. The Morgan fingerprint density at radius 1 is 1.29 bits per heavy atom. The predicted molar refractivity (Wildman–Crippen MR) is 64.9 cm³/mol. The minimum atomic E-state index is -0.159. The maximum Gasteiger partial charge on any atom is 0.0603 e. The summed E-state index contributed by atoms with van der Waals surface area (Å²) >= 11 is 6.69. The van der Waals surface area contributed by atoms with Crippen LogP contribution in [0.3, 0.4) is 0 Å². The van der Waals surface area contributed by atoms with Crippen molar-refractivity contribution in [1.29, 1.82) is 0 Å². The second-order valence-electron chi connectivity index (χ2n) is 3.02. The fourth-order valence-corrected chi connectivity index (χ4v) is 2.35. The number of hydrogen-bond acceptors (Lipinski definition) is 3. The van der Waals surface area contributed by atoms with Crippen molar-refractivity contribution in [3.05, 3.63) is 26.6 Å². The highest BCUT2D eigenvalue weighted by Gasteiger charge is 2.09. The van der Waals surface area contributed by atoms with E-state index in [0.29, 0.717) is 12.1 Å². The maximum atomic E-state index is 8.76. The minimum Gasteiger partial charge on any atom is -0.397 e. The lowest BCUT2D eigenvalue weighted by Gasteiger charge is -2.12. The van der Waals surface area contributed by atoms with Crippen LogP contribution in [0.15, 0.2) is 21.1 Å². The molecule has 5 N–H and O–H groups in total. The van der Waals surface area contributed by atoms with Gasteiger partial charge in [-0.05, 0) is 56.0 Å². The molecule has 0 spiro atoms. The molecule has 0 bridgehead atoms. The molecule has 0 aliphatic rings. The predicted octanol–water partition coefficient (Wildman–Crippen LogP) is 2.18. The van der Waals surface area contributed by atoms with Gasteiger partial charge in [-0.1, -0.05) is 0 Å². The first-order valence-corrected chi connectivity index (χ1v) is 5.75. The van der Waals surface area contributed by atoms with Crippen LogP contribution in [0.2, 0.25) is 0 Å². The Morgan fingerprint density at radius 3 is 2.21 bits per heavy atom. The highest BCUT2D eigenvalue weighted by molar-refractivity contribution is 9.11. The molecule has 0 saturated heterocycles. The van der Waals surface area contributed by atoms with E-state index in [1.54, 1.807) is 0 Å². The van der Waals surface area contributed by atoms with E-state index in [4.69, 9.17) is 16.6 Å². The zero-order valence-electron chi connectivity index (χ0n) is 7.50. The van der Waals surface area contributed by atoms with Crippen molar-refractivity contribution < 1.29 is 5.11 Å². The third-order valence-electron chi connectivity index (χ3n) is 1.97. The Balaban J connectivity index is 3.00. The lowest BCUT2D eigenvalue weighted by Crippen LogP contribution is -2.12. The molecule has 0 heterocycles. The molecule has 1 rings (SSSR count). The van der Waals surface area contributed by atoms with Crippen molar-refractivity contribution in [3.8, 4) is 0 Å². The van der Waals surface area contributed by atoms with Crippen LogP contribution >= 0.6 is 31.9 Å². The summed E-state index contributed by atoms with van der Waals surface area (Å²) in [6, 6.07) is 3.59. The van der Waals surface area contributed by atoms with Crippen molar-refractivity contribution in [1.82, 2.24) is 0 Å². The third-order valence-corrected chi connectivity index (χ3v) is 3.28. The highest BCUT2D eigenvalue weighted by atomic mass is 79.9. The van der Waals surface area contributed by atoms with Crippen molar-refractivity contribution in [2.45, 2.75) is 12.5 Å². The Kier molecular flexibility index (Phi) is 4.37. The van der Waals surface area contributed by atoms with Crippen molar-refractivity contribution in [3.63, 3.8) is 0 Å². The molecule has 0 unspecified atom stereocenters. The molecule has 1 aromatic carbocycles. The normalized spacial score (nSPS) is 12.9. The summed E-state index contributed by atoms with van der Waals surface area (Å²) in [5.41, 5.74) is 13.2. The van der Waals surface area contributed by atoms with Crippen LogP contribution in [-0.2, 0) is 0 Å². The fourth-order valence-electron chi connectivity index (χ4n) is 1.12. The number of hydrogen-bond donors (Lipinski definition) is 3. The van der Waals surface area contributed by atoms with Crippen LogP contribution in [0.1, 0.15) is 18.0 Å². The second-order valence-corrected chi connectivity index (χ2v) is 4.73. The molecule has 3 nitrogen and oxygen atoms in total. The van der Waals surface area contributed by atoms with Crippen LogP contribution in [0.4, 0.5) is 5.69 Å². The molecule has 0 fully saturated rings. The summed E-state index contributed by atoms with van der Waals surface area (Å²) in [7, 11) is 0. The molecular formula is C9H12Br2N2O. The van der Waals surface area contributed by atoms with E-state index in [9.17, 15) is 0 Å². The van der Waals surface area contributed by atoms with Gasteiger partial charge >= 0.3 is 0 Å². The van der Waals surface area contributed by atoms with Gasteiger partial charge in [-0.25, -0.2) is 0 Å². The first-order chi connectivity index (χ1) is 6.56. The summed E-state index contributed by atoms with van der Waals surface area (Å²) in [5, 5.41) is 8.76. The molecule has 78 valence electrons. The van der Waals surface area contributed by atoms with Crippen LogP contribution in [-0.4, -0.2) is 11.7 Å². The van der Waals surface area contributed by atoms with Gasteiger partial charge < -0.3 is 16.6 Å². The van der Waals surface area contributed by atoms with E-state index in [-0.39, 0.29) is 12.6 Å². The monoisotopic (exact) mass is 322 g/mol. The first kappa shape index (κ1) is 12.0. The van der Waals surface area contributed by atoms with Crippen LogP contribution in [0.25, 0.3) is 0 Å². The summed E-state index contributed by atoms with van der Waals surface area (Å²) in [4.78, 5) is 0. The van der Waals surface area contributed by atoms with Gasteiger partial charge in [0.1, 0.15) is 0 Å². The van der Waals surface area contributed by atoms with Crippen molar-refractivity contribution in [2.24, 2.45) is 5.73 Å². The zero-order chi connectivity index (χ0) is 10.7. The van der Waals surface area contributed by atoms with Gasteiger partial charge in [-0.2, -0.15) is 0 Å². The molecular weight excluding hydrogens is 312 g/mol. The zero-order valence-corrected chi connectivity index (χ0v) is 10.7. The first-order valence-electron chi connectivity index (χ1n) is 4.17. The smallest absolute Gasteiger partial charge is 0.0603 e. The number of halogens is 2. The van der Waals surface area contributed by atoms with E-state index in [2.05, 4.69) is 31.9 Å². The third kappa shape index (κ3) is 2.70. The number of aliphatic hydroxyl groups is 1. The molecule has 1 atom stereocenters. The Hall–Kier alpha value is -0.100. The number of nitrogen functional groups attached to an aromatic ring is 1.